The molecular weight excluding hydrogens is 312 g/mol. The normalized spacial score (nSPS) is 11.4. The first kappa shape index (κ1) is 15.4. The van der Waals surface area contributed by atoms with Gasteiger partial charge in [0, 0.05) is 29.6 Å². The van der Waals surface area contributed by atoms with Crippen LogP contribution < -0.4 is 5.73 Å². The third-order valence-corrected chi connectivity index (χ3v) is 4.55. The van der Waals surface area contributed by atoms with Crippen molar-refractivity contribution in [1.29, 1.82) is 0 Å². The summed E-state index contributed by atoms with van der Waals surface area (Å²) in [6, 6.07) is 13.8. The molecule has 2 aromatic heterocycles. The van der Waals surface area contributed by atoms with Gasteiger partial charge in [0.15, 0.2) is 5.82 Å². The molecule has 4 rings (SSSR count). The number of aryl methyl sites for hydroxylation is 3. The number of benzene rings is 2. The van der Waals surface area contributed by atoms with E-state index in [-0.39, 0.29) is 5.75 Å². The smallest absolute Gasteiger partial charge is 0.152 e. The molecule has 0 unspecified atom stereocenters. The first-order valence-electron chi connectivity index (χ1n) is 8.48. The Hall–Kier alpha value is -3.08. The van der Waals surface area contributed by atoms with Gasteiger partial charge in [-0.15, -0.1) is 0 Å². The van der Waals surface area contributed by atoms with Crippen LogP contribution >= 0.6 is 0 Å². The van der Waals surface area contributed by atoms with Gasteiger partial charge in [-0.3, -0.25) is 4.68 Å². The molecule has 0 aliphatic rings. The zero-order chi connectivity index (χ0) is 17.4. The van der Waals surface area contributed by atoms with Crippen LogP contribution in [0.5, 0.6) is 5.75 Å². The number of aromatic nitrogens is 3. The Morgan fingerprint density at radius 1 is 1.12 bits per heavy atom. The van der Waals surface area contributed by atoms with E-state index < -0.39 is 0 Å². The molecule has 0 aliphatic heterocycles. The van der Waals surface area contributed by atoms with Gasteiger partial charge in [-0.1, -0.05) is 30.3 Å². The highest BCUT2D eigenvalue weighted by Crippen LogP contribution is 2.33. The highest BCUT2D eigenvalue weighted by molar-refractivity contribution is 6.09. The van der Waals surface area contributed by atoms with E-state index in [0.717, 1.165) is 41.2 Å². The largest absolute Gasteiger partial charge is 0.508 e. The van der Waals surface area contributed by atoms with Gasteiger partial charge >= 0.3 is 0 Å². The maximum Gasteiger partial charge on any atom is 0.152 e. The molecule has 5 nitrogen and oxygen atoms in total. The summed E-state index contributed by atoms with van der Waals surface area (Å²) < 4.78 is 1.87. The molecular formula is C20H20N4O. The van der Waals surface area contributed by atoms with Crippen molar-refractivity contribution in [3.63, 3.8) is 0 Å². The molecule has 0 fully saturated rings. The van der Waals surface area contributed by atoms with E-state index >= 15 is 0 Å². The molecule has 0 saturated carbocycles. The predicted molar refractivity (Wildman–Crippen MR) is 101 cm³/mol. The number of pyridine rings is 1. The summed E-state index contributed by atoms with van der Waals surface area (Å²) in [7, 11) is 0. The maximum atomic E-state index is 10.1. The summed E-state index contributed by atoms with van der Waals surface area (Å²) in [6.07, 6.45) is 3.72. The fourth-order valence-corrected chi connectivity index (χ4v) is 3.33. The average Bonchev–Trinajstić information content (AvgIpc) is 3.05. The second-order valence-electron chi connectivity index (χ2n) is 6.23. The molecule has 5 heteroatoms. The molecule has 126 valence electrons. The van der Waals surface area contributed by atoms with Crippen molar-refractivity contribution >= 4 is 27.6 Å². The summed E-state index contributed by atoms with van der Waals surface area (Å²) in [5.74, 6) is 0.610. The lowest BCUT2D eigenvalue weighted by atomic mass is 9.98. The van der Waals surface area contributed by atoms with Crippen molar-refractivity contribution in [2.45, 2.75) is 26.3 Å². The number of aromatic hydroxyl groups is 1. The molecule has 0 spiro atoms. The Morgan fingerprint density at radius 2 is 1.92 bits per heavy atom. The molecule has 0 saturated heterocycles. The second kappa shape index (κ2) is 6.09. The van der Waals surface area contributed by atoms with Crippen molar-refractivity contribution in [2.24, 2.45) is 0 Å². The molecule has 2 heterocycles. The first-order chi connectivity index (χ1) is 12.2. The number of anilines is 1. The lowest BCUT2D eigenvalue weighted by Gasteiger charge is -2.09. The zero-order valence-electron chi connectivity index (χ0n) is 14.1. The molecule has 4 aromatic rings. The van der Waals surface area contributed by atoms with E-state index in [4.69, 9.17) is 5.73 Å². The van der Waals surface area contributed by atoms with Gasteiger partial charge < -0.3 is 10.8 Å². The van der Waals surface area contributed by atoms with Crippen LogP contribution in [0.3, 0.4) is 0 Å². The van der Waals surface area contributed by atoms with Crippen LogP contribution in [0.15, 0.2) is 48.7 Å². The molecule has 25 heavy (non-hydrogen) atoms. The Labute approximate surface area is 145 Å². The summed E-state index contributed by atoms with van der Waals surface area (Å²) in [6.45, 7) is 2.81. The van der Waals surface area contributed by atoms with E-state index in [1.54, 1.807) is 6.07 Å². The van der Waals surface area contributed by atoms with Crippen LogP contribution in [0.1, 0.15) is 18.1 Å². The third-order valence-electron chi connectivity index (χ3n) is 4.55. The van der Waals surface area contributed by atoms with Gasteiger partial charge in [-0.25, -0.2) is 4.98 Å². The lowest BCUT2D eigenvalue weighted by Crippen LogP contribution is -1.98. The van der Waals surface area contributed by atoms with Gasteiger partial charge in [0.2, 0.25) is 0 Å². The first-order valence-corrected chi connectivity index (χ1v) is 8.48. The van der Waals surface area contributed by atoms with Gasteiger partial charge in [0.1, 0.15) is 11.3 Å². The van der Waals surface area contributed by atoms with E-state index in [2.05, 4.69) is 22.2 Å². The van der Waals surface area contributed by atoms with E-state index in [0.29, 0.717) is 11.3 Å². The summed E-state index contributed by atoms with van der Waals surface area (Å²) in [5.41, 5.74) is 9.85. The molecule has 0 atom stereocenters. The number of nitrogen functional groups attached to an aromatic ring is 1. The van der Waals surface area contributed by atoms with Crippen LogP contribution in [-0.2, 0) is 19.4 Å². The Bertz CT molecular complexity index is 1050. The minimum Gasteiger partial charge on any atom is -0.508 e. The van der Waals surface area contributed by atoms with Crippen molar-refractivity contribution in [1.82, 2.24) is 14.8 Å². The Morgan fingerprint density at radius 3 is 2.68 bits per heavy atom. The Kier molecular flexibility index (Phi) is 3.76. The van der Waals surface area contributed by atoms with Gasteiger partial charge in [0.25, 0.3) is 0 Å². The molecule has 0 aliphatic carbocycles. The number of phenols is 1. The second-order valence-corrected chi connectivity index (χ2v) is 6.23. The van der Waals surface area contributed by atoms with Crippen LogP contribution in [0, 0.1) is 0 Å². The summed E-state index contributed by atoms with van der Waals surface area (Å²) in [5, 5.41) is 16.7. The van der Waals surface area contributed by atoms with E-state index in [9.17, 15) is 5.11 Å². The van der Waals surface area contributed by atoms with Crippen LogP contribution in [-0.4, -0.2) is 19.9 Å². The van der Waals surface area contributed by atoms with Crippen molar-refractivity contribution < 1.29 is 5.11 Å². The van der Waals surface area contributed by atoms with Crippen molar-refractivity contribution in [2.75, 3.05) is 5.73 Å². The SMILES string of the molecule is CCn1cc2c(n1)c(N)nc1cc(O)cc(CCc3ccccc3)c12. The Balaban J connectivity index is 1.88. The lowest BCUT2D eigenvalue weighted by molar-refractivity contribution is 0.475. The maximum absolute atomic E-state index is 10.1. The number of nitrogens with two attached hydrogens (primary N) is 1. The van der Waals surface area contributed by atoms with Crippen molar-refractivity contribution in [3.05, 3.63) is 59.8 Å². The van der Waals surface area contributed by atoms with Gasteiger partial charge in [0.05, 0.1) is 5.52 Å². The standard InChI is InChI=1S/C20H20N4O/c1-2-24-12-16-18-14(9-8-13-6-4-3-5-7-13)10-15(25)11-17(18)22-20(21)19(16)23-24/h3-7,10-12,25H,2,8-9H2,1H3,(H2,21,22). The number of fused-ring (bicyclic) bond motifs is 3. The minimum absolute atomic E-state index is 0.213. The highest BCUT2D eigenvalue weighted by Gasteiger charge is 2.15. The highest BCUT2D eigenvalue weighted by atomic mass is 16.3. The quantitative estimate of drug-likeness (QED) is 0.598. The fourth-order valence-electron chi connectivity index (χ4n) is 3.33. The molecule has 0 radical (unpaired) electrons. The monoisotopic (exact) mass is 332 g/mol. The third kappa shape index (κ3) is 2.78. The van der Waals surface area contributed by atoms with Crippen molar-refractivity contribution in [3.8, 4) is 5.75 Å². The van der Waals surface area contributed by atoms with Gasteiger partial charge in [-0.05, 0) is 37.0 Å². The molecule has 2 aromatic carbocycles. The number of hydrogen-bond donors (Lipinski definition) is 2. The number of nitrogens with zero attached hydrogens (tertiary/aromatic N) is 3. The van der Waals surface area contributed by atoms with E-state index in [1.165, 1.54) is 5.56 Å². The van der Waals surface area contributed by atoms with Crippen LogP contribution in [0.4, 0.5) is 5.82 Å². The predicted octanol–water partition coefficient (Wildman–Crippen LogP) is 3.68. The topological polar surface area (TPSA) is 77.0 Å². The van der Waals surface area contributed by atoms with Crippen LogP contribution in [0.25, 0.3) is 21.8 Å². The zero-order valence-corrected chi connectivity index (χ0v) is 14.1. The van der Waals surface area contributed by atoms with Gasteiger partial charge in [-0.2, -0.15) is 5.10 Å². The molecule has 0 bridgehead atoms. The average molecular weight is 332 g/mol. The van der Waals surface area contributed by atoms with E-state index in [1.807, 2.05) is 42.1 Å². The number of phenolic OH excluding ortho intramolecular Hbond substituents is 1. The minimum atomic E-state index is 0.213. The number of rotatable bonds is 4. The fraction of sp³-hybridized carbons (Fsp3) is 0.200. The number of hydrogen-bond acceptors (Lipinski definition) is 4. The van der Waals surface area contributed by atoms with Crippen LogP contribution in [0.2, 0.25) is 0 Å². The molecule has 0 amide bonds. The molecule has 3 N–H and O–H groups in total. The summed E-state index contributed by atoms with van der Waals surface area (Å²) in [4.78, 5) is 4.47. The summed E-state index contributed by atoms with van der Waals surface area (Å²) >= 11 is 0.